The molecule has 1 rings (SSSR count). The van der Waals surface area contributed by atoms with E-state index in [1.54, 1.807) is 0 Å². The standard InChI is InChI=1S/C12H18O2S/c1-4-12(2,3)9-5-8(7-13)11(14)10(15)6-9/h5-6,13-15H,4,7H2,1-3H3. The Balaban J connectivity index is 3.28. The van der Waals surface area contributed by atoms with E-state index in [0.717, 1.165) is 12.0 Å². The fourth-order valence-corrected chi connectivity index (χ4v) is 1.68. The fraction of sp³-hybridized carbons (Fsp3) is 0.500. The van der Waals surface area contributed by atoms with Crippen LogP contribution in [0.1, 0.15) is 38.3 Å². The van der Waals surface area contributed by atoms with Gasteiger partial charge in [0.05, 0.1) is 6.61 Å². The van der Waals surface area contributed by atoms with Crippen molar-refractivity contribution in [2.24, 2.45) is 0 Å². The van der Waals surface area contributed by atoms with E-state index in [9.17, 15) is 5.11 Å². The molecule has 0 radical (unpaired) electrons. The Kier molecular flexibility index (Phi) is 3.68. The molecule has 3 heteroatoms. The highest BCUT2D eigenvalue weighted by Gasteiger charge is 2.20. The molecule has 0 aliphatic heterocycles. The maximum absolute atomic E-state index is 9.62. The number of aliphatic hydroxyl groups excluding tert-OH is 1. The average Bonchev–Trinajstić information content (AvgIpc) is 2.21. The van der Waals surface area contributed by atoms with Crippen LogP contribution in [-0.2, 0) is 12.0 Å². The van der Waals surface area contributed by atoms with Gasteiger partial charge >= 0.3 is 0 Å². The first-order valence-corrected chi connectivity index (χ1v) is 5.53. The zero-order valence-corrected chi connectivity index (χ0v) is 10.3. The highest BCUT2D eigenvalue weighted by atomic mass is 32.1. The minimum Gasteiger partial charge on any atom is -0.506 e. The van der Waals surface area contributed by atoms with Gasteiger partial charge in [-0.3, -0.25) is 0 Å². The molecule has 0 spiro atoms. The van der Waals surface area contributed by atoms with Crippen molar-refractivity contribution in [1.82, 2.24) is 0 Å². The molecule has 0 aliphatic rings. The molecule has 0 saturated carbocycles. The van der Waals surface area contributed by atoms with Crippen LogP contribution in [0.3, 0.4) is 0 Å². The largest absolute Gasteiger partial charge is 0.506 e. The van der Waals surface area contributed by atoms with Crippen LogP contribution in [0.2, 0.25) is 0 Å². The number of rotatable bonds is 3. The normalized spacial score (nSPS) is 11.8. The predicted octanol–water partition coefficient (Wildman–Crippen LogP) is 2.86. The fourth-order valence-electron chi connectivity index (χ4n) is 1.39. The van der Waals surface area contributed by atoms with Crippen molar-refractivity contribution in [2.75, 3.05) is 0 Å². The molecule has 1 aromatic rings. The smallest absolute Gasteiger partial charge is 0.134 e. The predicted molar refractivity (Wildman–Crippen MR) is 64.6 cm³/mol. The summed E-state index contributed by atoms with van der Waals surface area (Å²) < 4.78 is 0. The topological polar surface area (TPSA) is 40.5 Å². The lowest BCUT2D eigenvalue weighted by Gasteiger charge is -2.24. The third kappa shape index (κ3) is 2.47. The minimum atomic E-state index is -0.160. The number of hydrogen-bond acceptors (Lipinski definition) is 3. The molecule has 0 amide bonds. The number of phenols is 1. The Bertz CT molecular complexity index is 359. The molecule has 84 valence electrons. The first-order chi connectivity index (χ1) is 6.92. The number of benzene rings is 1. The average molecular weight is 226 g/mol. The maximum atomic E-state index is 9.62. The van der Waals surface area contributed by atoms with Gasteiger partial charge in [-0.05, 0) is 29.5 Å². The SMILES string of the molecule is CCC(C)(C)c1cc(S)c(O)c(CO)c1. The lowest BCUT2D eigenvalue weighted by atomic mass is 9.81. The van der Waals surface area contributed by atoms with Crippen LogP contribution in [-0.4, -0.2) is 10.2 Å². The molecule has 0 aliphatic carbocycles. The molecule has 0 bridgehead atoms. The van der Waals surface area contributed by atoms with Gasteiger partial charge in [-0.2, -0.15) is 0 Å². The van der Waals surface area contributed by atoms with Gasteiger partial charge in [0.15, 0.2) is 0 Å². The van der Waals surface area contributed by atoms with E-state index in [1.165, 1.54) is 0 Å². The van der Waals surface area contributed by atoms with E-state index in [-0.39, 0.29) is 17.8 Å². The Morgan fingerprint density at radius 3 is 2.40 bits per heavy atom. The van der Waals surface area contributed by atoms with Crippen molar-refractivity contribution < 1.29 is 10.2 Å². The molecule has 15 heavy (non-hydrogen) atoms. The van der Waals surface area contributed by atoms with Crippen LogP contribution in [0.25, 0.3) is 0 Å². The second-order valence-corrected chi connectivity index (χ2v) is 4.88. The van der Waals surface area contributed by atoms with Crippen LogP contribution < -0.4 is 0 Å². The van der Waals surface area contributed by atoms with Crippen LogP contribution >= 0.6 is 12.6 Å². The molecule has 0 saturated heterocycles. The zero-order chi connectivity index (χ0) is 11.6. The lowest BCUT2D eigenvalue weighted by molar-refractivity contribution is 0.274. The van der Waals surface area contributed by atoms with E-state index < -0.39 is 0 Å². The van der Waals surface area contributed by atoms with Crippen LogP contribution in [0.4, 0.5) is 0 Å². The van der Waals surface area contributed by atoms with Crippen molar-refractivity contribution in [3.05, 3.63) is 23.3 Å². The molecule has 0 unspecified atom stereocenters. The third-order valence-corrected chi connectivity index (χ3v) is 3.35. The van der Waals surface area contributed by atoms with Crippen LogP contribution in [0.15, 0.2) is 17.0 Å². The van der Waals surface area contributed by atoms with Crippen molar-refractivity contribution in [3.63, 3.8) is 0 Å². The summed E-state index contributed by atoms with van der Waals surface area (Å²) in [6, 6.07) is 3.71. The lowest BCUT2D eigenvalue weighted by Crippen LogP contribution is -2.15. The summed E-state index contributed by atoms with van der Waals surface area (Å²) >= 11 is 4.20. The van der Waals surface area contributed by atoms with Crippen LogP contribution in [0, 0.1) is 0 Å². The Hall–Kier alpha value is -0.670. The van der Waals surface area contributed by atoms with Gasteiger partial charge < -0.3 is 10.2 Å². The van der Waals surface area contributed by atoms with E-state index in [2.05, 4.69) is 33.4 Å². The first-order valence-electron chi connectivity index (χ1n) is 5.08. The van der Waals surface area contributed by atoms with E-state index in [4.69, 9.17) is 5.11 Å². The molecular formula is C12H18O2S. The van der Waals surface area contributed by atoms with E-state index in [0.29, 0.717) is 10.5 Å². The second-order valence-electron chi connectivity index (χ2n) is 4.40. The Morgan fingerprint density at radius 1 is 1.33 bits per heavy atom. The van der Waals surface area contributed by atoms with Crippen molar-refractivity contribution in [3.8, 4) is 5.75 Å². The number of aliphatic hydroxyl groups is 1. The summed E-state index contributed by atoms with van der Waals surface area (Å²) in [6.07, 6.45) is 0.996. The highest BCUT2D eigenvalue weighted by Crippen LogP contribution is 2.34. The summed E-state index contributed by atoms with van der Waals surface area (Å²) in [6.45, 7) is 6.22. The van der Waals surface area contributed by atoms with Gasteiger partial charge in [-0.15, -0.1) is 12.6 Å². The van der Waals surface area contributed by atoms with Gasteiger partial charge in [0.1, 0.15) is 5.75 Å². The van der Waals surface area contributed by atoms with E-state index >= 15 is 0 Å². The summed E-state index contributed by atoms with van der Waals surface area (Å²) in [5, 5.41) is 18.7. The Morgan fingerprint density at radius 2 is 1.93 bits per heavy atom. The summed E-state index contributed by atoms with van der Waals surface area (Å²) in [5.41, 5.74) is 1.67. The quantitative estimate of drug-likeness (QED) is 0.694. The molecule has 0 aromatic heterocycles. The highest BCUT2D eigenvalue weighted by molar-refractivity contribution is 7.80. The zero-order valence-electron chi connectivity index (χ0n) is 9.41. The third-order valence-electron chi connectivity index (χ3n) is 3.00. The molecule has 0 atom stereocenters. The number of aromatic hydroxyl groups is 1. The molecule has 1 aromatic carbocycles. The Labute approximate surface area is 96.4 Å². The van der Waals surface area contributed by atoms with Crippen molar-refractivity contribution in [2.45, 2.75) is 44.1 Å². The number of thiol groups is 1. The van der Waals surface area contributed by atoms with E-state index in [1.807, 2.05) is 12.1 Å². The molecule has 2 N–H and O–H groups in total. The number of hydrogen-bond donors (Lipinski definition) is 3. The molecular weight excluding hydrogens is 208 g/mol. The summed E-state index contributed by atoms with van der Waals surface area (Å²) in [7, 11) is 0. The van der Waals surface area contributed by atoms with Gasteiger partial charge in [0.25, 0.3) is 0 Å². The molecule has 0 heterocycles. The summed E-state index contributed by atoms with van der Waals surface area (Å²) in [5.74, 6) is 0.0801. The monoisotopic (exact) mass is 226 g/mol. The van der Waals surface area contributed by atoms with Crippen molar-refractivity contribution >= 4 is 12.6 Å². The van der Waals surface area contributed by atoms with Crippen molar-refractivity contribution in [1.29, 1.82) is 0 Å². The van der Waals surface area contributed by atoms with Crippen LogP contribution in [0.5, 0.6) is 5.75 Å². The molecule has 2 nitrogen and oxygen atoms in total. The maximum Gasteiger partial charge on any atom is 0.134 e. The van der Waals surface area contributed by atoms with Gasteiger partial charge in [0.2, 0.25) is 0 Å². The van der Waals surface area contributed by atoms with Gasteiger partial charge in [0, 0.05) is 10.5 Å². The first kappa shape index (κ1) is 12.4. The summed E-state index contributed by atoms with van der Waals surface area (Å²) in [4.78, 5) is 0.526. The second kappa shape index (κ2) is 4.45. The molecule has 0 fully saturated rings. The van der Waals surface area contributed by atoms with Gasteiger partial charge in [-0.25, -0.2) is 0 Å². The minimum absolute atomic E-state index is 0.0368. The van der Waals surface area contributed by atoms with Gasteiger partial charge in [-0.1, -0.05) is 20.8 Å².